The molecule has 0 radical (unpaired) electrons. The highest BCUT2D eigenvalue weighted by Crippen LogP contribution is 2.39. The van der Waals surface area contributed by atoms with Gasteiger partial charge in [-0.3, -0.25) is 5.32 Å². The predicted octanol–water partition coefficient (Wildman–Crippen LogP) is 4.90. The molecule has 1 saturated heterocycles. The molecule has 4 aromatic rings. The lowest BCUT2D eigenvalue weighted by molar-refractivity contribution is 0.164. The van der Waals surface area contributed by atoms with E-state index in [9.17, 15) is 4.79 Å². The van der Waals surface area contributed by atoms with Gasteiger partial charge >= 0.3 is 6.03 Å². The number of rotatable bonds is 6. The topological polar surface area (TPSA) is 87.5 Å². The first-order valence-electron chi connectivity index (χ1n) is 11.5. The van der Waals surface area contributed by atoms with Crippen LogP contribution >= 0.6 is 11.6 Å². The van der Waals surface area contributed by atoms with Gasteiger partial charge in [0.15, 0.2) is 0 Å². The van der Waals surface area contributed by atoms with E-state index in [1.165, 1.54) is 24.7 Å². The number of aromatic nitrogens is 4. The van der Waals surface area contributed by atoms with Crippen LogP contribution < -0.4 is 10.6 Å². The highest BCUT2D eigenvalue weighted by atomic mass is 35.5. The second kappa shape index (κ2) is 8.61. The lowest BCUT2D eigenvalue weighted by Crippen LogP contribution is -2.50. The number of nitrogens with one attached hydrogen (secondary N) is 2. The summed E-state index contributed by atoms with van der Waals surface area (Å²) in [6.07, 6.45) is 8.21. The van der Waals surface area contributed by atoms with Crippen LogP contribution in [-0.2, 0) is 6.54 Å². The van der Waals surface area contributed by atoms with Crippen molar-refractivity contribution >= 4 is 34.9 Å². The molecule has 8 nitrogen and oxygen atoms in total. The summed E-state index contributed by atoms with van der Waals surface area (Å²) in [4.78, 5) is 27.5. The number of fused-ring (bicyclic) bond motifs is 1. The van der Waals surface area contributed by atoms with Gasteiger partial charge in [-0.15, -0.1) is 0 Å². The minimum atomic E-state index is -0.172. The number of nitrogens with zero attached hydrogens (tertiary/aromatic N) is 5. The van der Waals surface area contributed by atoms with Gasteiger partial charge in [0.25, 0.3) is 0 Å². The Labute approximate surface area is 202 Å². The van der Waals surface area contributed by atoms with Gasteiger partial charge in [-0.05, 0) is 48.1 Å². The molecule has 3 aromatic heterocycles. The SMILES string of the molecule is O=C(Nc1cc(NCc2cn3cc(C4CC4)ccc3n2)ncn1)N1CC(c2cccc(Cl)c2)C1. The molecule has 0 bridgehead atoms. The molecule has 2 fully saturated rings. The van der Waals surface area contributed by atoms with Crippen molar-refractivity contribution in [1.29, 1.82) is 0 Å². The molecule has 4 heterocycles. The van der Waals surface area contributed by atoms with Gasteiger partial charge in [0, 0.05) is 42.5 Å². The van der Waals surface area contributed by atoms with Crippen LogP contribution in [0.5, 0.6) is 0 Å². The smallest absolute Gasteiger partial charge is 0.323 e. The summed E-state index contributed by atoms with van der Waals surface area (Å²) in [6, 6.07) is 13.6. The van der Waals surface area contributed by atoms with Gasteiger partial charge in [0.1, 0.15) is 23.6 Å². The van der Waals surface area contributed by atoms with Crippen LogP contribution in [0.15, 0.2) is 61.2 Å². The van der Waals surface area contributed by atoms with E-state index in [1.54, 1.807) is 11.0 Å². The number of likely N-dealkylation sites (tertiary alicyclic amines) is 1. The van der Waals surface area contributed by atoms with Crippen LogP contribution in [0, 0.1) is 0 Å². The predicted molar refractivity (Wildman–Crippen MR) is 131 cm³/mol. The summed E-state index contributed by atoms with van der Waals surface area (Å²) in [5.74, 6) is 2.10. The monoisotopic (exact) mass is 473 g/mol. The minimum absolute atomic E-state index is 0.172. The molecule has 1 aliphatic heterocycles. The zero-order valence-corrected chi connectivity index (χ0v) is 19.2. The minimum Gasteiger partial charge on any atom is -0.364 e. The number of hydrogen-bond acceptors (Lipinski definition) is 5. The zero-order valence-electron chi connectivity index (χ0n) is 18.5. The van der Waals surface area contributed by atoms with Gasteiger partial charge in [0.05, 0.1) is 12.2 Å². The molecule has 2 N–H and O–H groups in total. The van der Waals surface area contributed by atoms with Gasteiger partial charge in [-0.2, -0.15) is 0 Å². The lowest BCUT2D eigenvalue weighted by atomic mass is 9.92. The Kier molecular flexibility index (Phi) is 5.30. The van der Waals surface area contributed by atoms with Gasteiger partial charge in [-0.25, -0.2) is 19.7 Å². The molecule has 0 spiro atoms. The zero-order chi connectivity index (χ0) is 23.1. The van der Waals surface area contributed by atoms with E-state index in [0.29, 0.717) is 48.1 Å². The van der Waals surface area contributed by atoms with Crippen LogP contribution in [0.4, 0.5) is 16.4 Å². The van der Waals surface area contributed by atoms with Crippen LogP contribution in [0.3, 0.4) is 0 Å². The maximum atomic E-state index is 12.6. The van der Waals surface area contributed by atoms with Crippen molar-refractivity contribution < 1.29 is 4.79 Å². The van der Waals surface area contributed by atoms with Crippen molar-refractivity contribution in [3.05, 3.63) is 83.0 Å². The molecule has 2 aliphatic rings. The summed E-state index contributed by atoms with van der Waals surface area (Å²) < 4.78 is 2.08. The Balaban J connectivity index is 1.04. The first kappa shape index (κ1) is 20.9. The molecule has 2 amide bonds. The number of carbonyl (C=O) groups is 1. The van der Waals surface area contributed by atoms with Crippen molar-refractivity contribution in [3.8, 4) is 0 Å². The first-order valence-corrected chi connectivity index (χ1v) is 11.8. The van der Waals surface area contributed by atoms with E-state index in [-0.39, 0.29) is 6.03 Å². The van der Waals surface area contributed by atoms with E-state index < -0.39 is 0 Å². The molecule has 1 aliphatic carbocycles. The Hall–Kier alpha value is -3.65. The molecule has 1 saturated carbocycles. The van der Waals surface area contributed by atoms with Crippen LogP contribution in [0.1, 0.15) is 41.5 Å². The normalized spacial score (nSPS) is 15.9. The molecule has 1 aromatic carbocycles. The largest absolute Gasteiger partial charge is 0.364 e. The summed E-state index contributed by atoms with van der Waals surface area (Å²) >= 11 is 6.08. The molecule has 6 rings (SSSR count). The Bertz CT molecular complexity index is 1360. The van der Waals surface area contributed by atoms with Crippen LogP contribution in [0.25, 0.3) is 5.65 Å². The second-order valence-electron chi connectivity index (χ2n) is 8.96. The number of pyridine rings is 1. The van der Waals surface area contributed by atoms with E-state index in [4.69, 9.17) is 11.6 Å². The summed E-state index contributed by atoms with van der Waals surface area (Å²) in [5.41, 5.74) is 4.38. The van der Waals surface area contributed by atoms with Crippen molar-refractivity contribution in [2.24, 2.45) is 0 Å². The van der Waals surface area contributed by atoms with Crippen molar-refractivity contribution in [2.45, 2.75) is 31.2 Å². The average molecular weight is 474 g/mol. The quantitative estimate of drug-likeness (QED) is 0.416. The second-order valence-corrected chi connectivity index (χ2v) is 9.40. The molecule has 9 heteroatoms. The van der Waals surface area contributed by atoms with Crippen molar-refractivity contribution in [3.63, 3.8) is 0 Å². The molecule has 34 heavy (non-hydrogen) atoms. The summed E-state index contributed by atoms with van der Waals surface area (Å²) in [5, 5.41) is 6.85. The maximum absolute atomic E-state index is 12.6. The molecule has 0 unspecified atom stereocenters. The fraction of sp³-hybridized carbons (Fsp3) is 0.280. The molecule has 0 atom stereocenters. The Morgan fingerprint density at radius 1 is 1.00 bits per heavy atom. The Morgan fingerprint density at radius 2 is 1.85 bits per heavy atom. The van der Waals surface area contributed by atoms with Gasteiger partial charge in [-0.1, -0.05) is 29.8 Å². The number of urea groups is 1. The third-order valence-corrected chi connectivity index (χ3v) is 6.65. The van der Waals surface area contributed by atoms with E-state index in [2.05, 4.69) is 48.3 Å². The van der Waals surface area contributed by atoms with Crippen molar-refractivity contribution in [2.75, 3.05) is 23.7 Å². The number of benzene rings is 1. The number of hydrogen-bond donors (Lipinski definition) is 2. The van der Waals surface area contributed by atoms with Crippen molar-refractivity contribution in [1.82, 2.24) is 24.3 Å². The number of halogens is 1. The third-order valence-electron chi connectivity index (χ3n) is 6.41. The third kappa shape index (κ3) is 4.41. The Morgan fingerprint density at radius 3 is 2.68 bits per heavy atom. The maximum Gasteiger partial charge on any atom is 0.323 e. The van der Waals surface area contributed by atoms with Crippen LogP contribution in [0.2, 0.25) is 5.02 Å². The lowest BCUT2D eigenvalue weighted by Gasteiger charge is -2.39. The highest BCUT2D eigenvalue weighted by molar-refractivity contribution is 6.30. The number of amides is 2. The van der Waals surface area contributed by atoms with Gasteiger partial charge in [0.2, 0.25) is 0 Å². The van der Waals surface area contributed by atoms with E-state index >= 15 is 0 Å². The van der Waals surface area contributed by atoms with E-state index in [1.807, 2.05) is 30.5 Å². The standard InChI is InChI=1S/C25H24ClN7O/c26-20-3-1-2-17(8-20)19-12-33(13-19)25(34)31-23-9-22(28-15-29-23)27-10-21-14-32-11-18(16-4-5-16)6-7-24(32)30-21/h1-3,6-9,11,14-16,19H,4-5,10,12-13H2,(H2,27,28,29,31,34). The van der Waals surface area contributed by atoms with E-state index in [0.717, 1.165) is 16.9 Å². The summed E-state index contributed by atoms with van der Waals surface area (Å²) in [7, 11) is 0. The highest BCUT2D eigenvalue weighted by Gasteiger charge is 2.32. The van der Waals surface area contributed by atoms with Crippen LogP contribution in [-0.4, -0.2) is 43.4 Å². The van der Waals surface area contributed by atoms with Gasteiger partial charge < -0.3 is 14.6 Å². The average Bonchev–Trinajstić information content (AvgIpc) is 3.56. The molecular formula is C25H24ClN7O. The summed E-state index contributed by atoms with van der Waals surface area (Å²) in [6.45, 7) is 1.83. The number of anilines is 2. The fourth-order valence-corrected chi connectivity index (χ4v) is 4.51. The number of imidazole rings is 1. The molecular weight excluding hydrogens is 450 g/mol. The molecule has 172 valence electrons. The first-order chi connectivity index (χ1) is 16.6. The fourth-order valence-electron chi connectivity index (χ4n) is 4.31. The number of carbonyl (C=O) groups excluding carboxylic acids is 1.